The van der Waals surface area contributed by atoms with Crippen LogP contribution in [-0.2, 0) is 11.2 Å². The molecule has 5 rings (SSSR count). The van der Waals surface area contributed by atoms with E-state index < -0.39 is 0 Å². The summed E-state index contributed by atoms with van der Waals surface area (Å²) in [6, 6.07) is 17.0. The van der Waals surface area contributed by atoms with Crippen LogP contribution in [0.5, 0.6) is 0 Å². The van der Waals surface area contributed by atoms with Gasteiger partial charge in [0.05, 0.1) is 18.2 Å². The van der Waals surface area contributed by atoms with E-state index in [0.29, 0.717) is 12.3 Å². The molecule has 4 nitrogen and oxygen atoms in total. The molecule has 1 aromatic heterocycles. The Morgan fingerprint density at radius 2 is 1.81 bits per heavy atom. The molecule has 160 valence electrons. The van der Waals surface area contributed by atoms with Crippen molar-refractivity contribution >= 4 is 5.91 Å². The van der Waals surface area contributed by atoms with E-state index in [9.17, 15) is 4.79 Å². The molecule has 2 aromatic carbocycles. The van der Waals surface area contributed by atoms with Crippen molar-refractivity contribution in [2.75, 3.05) is 6.54 Å². The molecule has 3 aromatic rings. The molecule has 0 spiro atoms. The molecule has 4 heteroatoms. The lowest BCUT2D eigenvalue weighted by atomic mass is 9.83. The van der Waals surface area contributed by atoms with Gasteiger partial charge in [-0.25, -0.2) is 0 Å². The minimum atomic E-state index is -0.0419. The van der Waals surface area contributed by atoms with E-state index in [1.807, 2.05) is 19.9 Å². The van der Waals surface area contributed by atoms with Crippen LogP contribution in [0.3, 0.4) is 0 Å². The second-order valence-electron chi connectivity index (χ2n) is 9.15. The van der Waals surface area contributed by atoms with Crippen molar-refractivity contribution in [3.63, 3.8) is 0 Å². The summed E-state index contributed by atoms with van der Waals surface area (Å²) in [6.45, 7) is 4.80. The minimum absolute atomic E-state index is 0.0419. The number of carbonyl (C=O) groups is 1. The maximum absolute atomic E-state index is 13.3. The number of carbonyl (C=O) groups excluding carboxylic acids is 1. The number of hydrogen-bond donors (Lipinski definition) is 0. The maximum atomic E-state index is 13.3. The number of fused-ring (bicyclic) bond motifs is 1. The van der Waals surface area contributed by atoms with Crippen molar-refractivity contribution in [1.29, 1.82) is 0 Å². The fraction of sp³-hybridized carbons (Fsp3) is 0.407. The van der Waals surface area contributed by atoms with Crippen LogP contribution in [0.15, 0.2) is 53.1 Å². The summed E-state index contributed by atoms with van der Waals surface area (Å²) in [4.78, 5) is 15.5. The van der Waals surface area contributed by atoms with Crippen LogP contribution in [0, 0.1) is 19.8 Å². The summed E-state index contributed by atoms with van der Waals surface area (Å²) in [5.41, 5.74) is 6.63. The normalized spacial score (nSPS) is 19.5. The number of rotatable bonds is 4. The molecular weight excluding hydrogens is 384 g/mol. The third-order valence-electron chi connectivity index (χ3n) is 7.03. The Hall–Kier alpha value is -2.88. The van der Waals surface area contributed by atoms with E-state index in [4.69, 9.17) is 4.52 Å². The molecule has 1 atom stereocenters. The monoisotopic (exact) mass is 414 g/mol. The van der Waals surface area contributed by atoms with E-state index in [0.717, 1.165) is 34.7 Å². The van der Waals surface area contributed by atoms with Gasteiger partial charge in [-0.15, -0.1) is 0 Å². The number of aryl methyl sites for hydroxylation is 2. The highest BCUT2D eigenvalue weighted by molar-refractivity contribution is 5.83. The van der Waals surface area contributed by atoms with Crippen molar-refractivity contribution in [3.05, 3.63) is 76.7 Å². The SMILES string of the molecule is Cc1noc(C)c1-c1ccc2c(c1)C(c1ccccc1)N(CC1CCCCC1)C(=O)C2. The van der Waals surface area contributed by atoms with Gasteiger partial charge in [0.2, 0.25) is 5.91 Å². The number of aromatic nitrogens is 1. The number of hydrogen-bond acceptors (Lipinski definition) is 3. The summed E-state index contributed by atoms with van der Waals surface area (Å²) < 4.78 is 5.43. The van der Waals surface area contributed by atoms with E-state index in [2.05, 4.69) is 52.5 Å². The Morgan fingerprint density at radius 1 is 1.03 bits per heavy atom. The van der Waals surface area contributed by atoms with Gasteiger partial charge in [0.15, 0.2) is 0 Å². The molecule has 1 fully saturated rings. The Labute approximate surface area is 184 Å². The summed E-state index contributed by atoms with van der Waals surface area (Å²) in [5.74, 6) is 1.69. The molecule has 0 bridgehead atoms. The highest BCUT2D eigenvalue weighted by atomic mass is 16.5. The highest BCUT2D eigenvalue weighted by Gasteiger charge is 2.35. The zero-order valence-corrected chi connectivity index (χ0v) is 18.4. The molecule has 1 saturated carbocycles. The first-order chi connectivity index (χ1) is 15.1. The fourth-order valence-electron chi connectivity index (χ4n) is 5.49. The molecule has 1 unspecified atom stereocenters. The van der Waals surface area contributed by atoms with Crippen molar-refractivity contribution in [1.82, 2.24) is 10.1 Å². The average Bonchev–Trinajstić information content (AvgIpc) is 3.13. The Kier molecular flexibility index (Phi) is 5.39. The Bertz CT molecular complexity index is 1060. The Balaban J connectivity index is 1.60. The van der Waals surface area contributed by atoms with Gasteiger partial charge in [0, 0.05) is 12.1 Å². The number of benzene rings is 2. The molecule has 0 saturated heterocycles. The quantitative estimate of drug-likeness (QED) is 0.525. The highest BCUT2D eigenvalue weighted by Crippen LogP contribution is 2.40. The zero-order valence-electron chi connectivity index (χ0n) is 18.4. The van der Waals surface area contributed by atoms with Crippen LogP contribution in [0.1, 0.15) is 66.3 Å². The lowest BCUT2D eigenvalue weighted by Crippen LogP contribution is -2.43. The predicted octanol–water partition coefficient (Wildman–Crippen LogP) is 6.01. The van der Waals surface area contributed by atoms with Crippen molar-refractivity contribution < 1.29 is 9.32 Å². The van der Waals surface area contributed by atoms with Crippen molar-refractivity contribution in [2.24, 2.45) is 5.92 Å². The lowest BCUT2D eigenvalue weighted by Gasteiger charge is -2.40. The summed E-state index contributed by atoms with van der Waals surface area (Å²) in [7, 11) is 0. The van der Waals surface area contributed by atoms with Crippen LogP contribution < -0.4 is 0 Å². The standard InChI is InChI=1S/C27H30N2O2/c1-18-26(19(2)31-28-18)23-14-13-22-16-25(30)29(17-20-9-5-3-6-10-20)27(24(22)15-23)21-11-7-4-8-12-21/h4,7-8,11-15,20,27H,3,5-6,9-10,16-17H2,1-2H3. The first-order valence-corrected chi connectivity index (χ1v) is 11.5. The van der Waals surface area contributed by atoms with Crippen molar-refractivity contribution in [2.45, 2.75) is 58.4 Å². The Morgan fingerprint density at radius 3 is 2.52 bits per heavy atom. The first-order valence-electron chi connectivity index (χ1n) is 11.5. The molecule has 1 aliphatic carbocycles. The zero-order chi connectivity index (χ0) is 21.4. The fourth-order valence-corrected chi connectivity index (χ4v) is 5.49. The van der Waals surface area contributed by atoms with E-state index >= 15 is 0 Å². The topological polar surface area (TPSA) is 46.3 Å². The van der Waals surface area contributed by atoms with Crippen LogP contribution >= 0.6 is 0 Å². The van der Waals surface area contributed by atoms with Crippen LogP contribution in [0.25, 0.3) is 11.1 Å². The molecule has 1 aliphatic heterocycles. The minimum Gasteiger partial charge on any atom is -0.361 e. The number of nitrogens with zero attached hydrogens (tertiary/aromatic N) is 2. The van der Waals surface area contributed by atoms with Gasteiger partial charge in [-0.05, 0) is 60.9 Å². The largest absolute Gasteiger partial charge is 0.361 e. The molecule has 2 aliphatic rings. The van der Waals surface area contributed by atoms with E-state index in [1.54, 1.807) is 0 Å². The van der Waals surface area contributed by atoms with Gasteiger partial charge < -0.3 is 9.42 Å². The molecule has 1 amide bonds. The third-order valence-corrected chi connectivity index (χ3v) is 7.03. The molecule has 0 N–H and O–H groups in total. The van der Waals surface area contributed by atoms with Gasteiger partial charge in [0.1, 0.15) is 5.76 Å². The first kappa shape index (κ1) is 20.0. The second kappa shape index (κ2) is 8.33. The summed E-state index contributed by atoms with van der Waals surface area (Å²) >= 11 is 0. The van der Waals surface area contributed by atoms with Gasteiger partial charge in [-0.3, -0.25) is 4.79 Å². The third kappa shape index (κ3) is 3.80. The second-order valence-corrected chi connectivity index (χ2v) is 9.15. The van der Waals surface area contributed by atoms with Crippen LogP contribution in [0.2, 0.25) is 0 Å². The van der Waals surface area contributed by atoms with Gasteiger partial charge >= 0.3 is 0 Å². The van der Waals surface area contributed by atoms with Crippen LogP contribution in [0.4, 0.5) is 0 Å². The average molecular weight is 415 g/mol. The molecule has 2 heterocycles. The van der Waals surface area contributed by atoms with Gasteiger partial charge in [0.25, 0.3) is 0 Å². The molecule has 31 heavy (non-hydrogen) atoms. The van der Waals surface area contributed by atoms with E-state index in [1.165, 1.54) is 43.2 Å². The summed E-state index contributed by atoms with van der Waals surface area (Å²) in [6.07, 6.45) is 6.85. The van der Waals surface area contributed by atoms with E-state index in [-0.39, 0.29) is 11.9 Å². The lowest BCUT2D eigenvalue weighted by molar-refractivity contribution is -0.134. The maximum Gasteiger partial charge on any atom is 0.227 e. The van der Waals surface area contributed by atoms with Crippen LogP contribution in [-0.4, -0.2) is 22.5 Å². The molecular formula is C27H30N2O2. The van der Waals surface area contributed by atoms with Crippen molar-refractivity contribution in [3.8, 4) is 11.1 Å². The molecule has 0 radical (unpaired) electrons. The summed E-state index contributed by atoms with van der Waals surface area (Å²) in [5, 5.41) is 4.15. The van der Waals surface area contributed by atoms with Gasteiger partial charge in [-0.1, -0.05) is 66.9 Å². The predicted molar refractivity (Wildman–Crippen MR) is 122 cm³/mol. The smallest absolute Gasteiger partial charge is 0.227 e. The number of amides is 1. The van der Waals surface area contributed by atoms with Gasteiger partial charge in [-0.2, -0.15) is 0 Å².